The van der Waals surface area contributed by atoms with Gasteiger partial charge in [0.05, 0.1) is 7.11 Å². The van der Waals surface area contributed by atoms with Gasteiger partial charge in [-0.2, -0.15) is 5.26 Å². The van der Waals surface area contributed by atoms with Gasteiger partial charge in [0.15, 0.2) is 0 Å². The molecule has 4 nitrogen and oxygen atoms in total. The standard InChI is InChI=1S/C29H31NO3/c1-28(2,3)23-15-21(16-24(26(23)31)29(4,5)6)25(22(17-30)27(32)33-7)20-13-12-18-10-8-9-11-19(18)14-20/h8-16,31H,1-7H3. The maximum Gasteiger partial charge on any atom is 0.349 e. The molecule has 0 unspecified atom stereocenters. The number of methoxy groups -OCH3 is 1. The van der Waals surface area contributed by atoms with Crippen LogP contribution in [0.1, 0.15) is 63.8 Å². The van der Waals surface area contributed by atoms with Crippen molar-refractivity contribution < 1.29 is 14.6 Å². The van der Waals surface area contributed by atoms with Crippen LogP contribution in [-0.4, -0.2) is 18.2 Å². The minimum atomic E-state index is -0.691. The molecule has 33 heavy (non-hydrogen) atoms. The molecular weight excluding hydrogens is 410 g/mol. The average molecular weight is 442 g/mol. The van der Waals surface area contributed by atoms with Gasteiger partial charge >= 0.3 is 5.97 Å². The van der Waals surface area contributed by atoms with E-state index in [9.17, 15) is 15.2 Å². The molecule has 0 spiro atoms. The first kappa shape index (κ1) is 24.1. The van der Waals surface area contributed by atoms with E-state index in [-0.39, 0.29) is 22.2 Å². The van der Waals surface area contributed by atoms with E-state index in [2.05, 4.69) is 6.07 Å². The minimum Gasteiger partial charge on any atom is -0.507 e. The Morgan fingerprint density at radius 3 is 1.88 bits per heavy atom. The molecule has 3 rings (SSSR count). The lowest BCUT2D eigenvalue weighted by molar-refractivity contribution is -0.135. The number of fused-ring (bicyclic) bond motifs is 1. The Morgan fingerprint density at radius 2 is 1.39 bits per heavy atom. The van der Waals surface area contributed by atoms with Crippen molar-refractivity contribution in [1.29, 1.82) is 5.26 Å². The van der Waals surface area contributed by atoms with Crippen molar-refractivity contribution in [3.05, 3.63) is 82.4 Å². The Balaban J connectivity index is 2.47. The first-order valence-electron chi connectivity index (χ1n) is 11.0. The molecule has 170 valence electrons. The van der Waals surface area contributed by atoms with Gasteiger partial charge in [-0.3, -0.25) is 0 Å². The lowest BCUT2D eigenvalue weighted by atomic mass is 9.76. The van der Waals surface area contributed by atoms with Gasteiger partial charge < -0.3 is 9.84 Å². The molecule has 0 radical (unpaired) electrons. The summed E-state index contributed by atoms with van der Waals surface area (Å²) < 4.78 is 4.96. The van der Waals surface area contributed by atoms with Crippen LogP contribution in [0.25, 0.3) is 16.3 Å². The van der Waals surface area contributed by atoms with E-state index in [0.29, 0.717) is 11.1 Å². The highest BCUT2D eigenvalue weighted by Crippen LogP contribution is 2.42. The van der Waals surface area contributed by atoms with Crippen LogP contribution in [0.2, 0.25) is 0 Å². The summed E-state index contributed by atoms with van der Waals surface area (Å²) in [5.74, 6) is -0.448. The lowest BCUT2D eigenvalue weighted by Gasteiger charge is -2.29. The number of nitrogens with zero attached hydrogens (tertiary/aromatic N) is 1. The van der Waals surface area contributed by atoms with E-state index in [4.69, 9.17) is 4.74 Å². The number of carbonyl (C=O) groups excluding carboxylic acids is 1. The highest BCUT2D eigenvalue weighted by atomic mass is 16.5. The fourth-order valence-corrected chi connectivity index (χ4v) is 4.03. The molecule has 0 atom stereocenters. The SMILES string of the molecule is COC(=O)C(C#N)=C(c1cc(C(C)(C)C)c(O)c(C(C)(C)C)c1)c1ccc2ccccc2c1. The van der Waals surface area contributed by atoms with Gasteiger partial charge in [-0.1, -0.05) is 77.9 Å². The molecule has 0 fully saturated rings. The summed E-state index contributed by atoms with van der Waals surface area (Å²) in [4.78, 5) is 12.7. The Hall–Kier alpha value is -3.58. The smallest absolute Gasteiger partial charge is 0.349 e. The maximum atomic E-state index is 12.7. The molecule has 0 saturated carbocycles. The summed E-state index contributed by atoms with van der Waals surface area (Å²) >= 11 is 0. The second-order valence-corrected chi connectivity index (χ2v) is 10.3. The van der Waals surface area contributed by atoms with Gasteiger partial charge in [0.1, 0.15) is 17.4 Å². The summed E-state index contributed by atoms with van der Waals surface area (Å²) in [6, 6.07) is 19.7. The molecule has 4 heteroatoms. The van der Waals surface area contributed by atoms with E-state index in [1.54, 1.807) is 0 Å². The van der Waals surface area contributed by atoms with Crippen LogP contribution in [0, 0.1) is 11.3 Å². The quantitative estimate of drug-likeness (QED) is 0.281. The molecule has 0 heterocycles. The largest absolute Gasteiger partial charge is 0.507 e. The number of carbonyl (C=O) groups is 1. The fraction of sp³-hybridized carbons (Fsp3) is 0.310. The summed E-state index contributed by atoms with van der Waals surface area (Å²) in [5, 5.41) is 23.2. The average Bonchev–Trinajstić information content (AvgIpc) is 2.75. The van der Waals surface area contributed by atoms with E-state index >= 15 is 0 Å². The van der Waals surface area contributed by atoms with Crippen LogP contribution < -0.4 is 0 Å². The third kappa shape index (κ3) is 4.78. The molecule has 1 N–H and O–H groups in total. The Bertz CT molecular complexity index is 1260. The summed E-state index contributed by atoms with van der Waals surface area (Å²) in [5.41, 5.74) is 2.65. The molecule has 0 aliphatic carbocycles. The van der Waals surface area contributed by atoms with Crippen LogP contribution in [0.15, 0.2) is 60.2 Å². The number of aromatic hydroxyl groups is 1. The van der Waals surface area contributed by atoms with E-state index in [1.807, 2.05) is 96.1 Å². The minimum absolute atomic E-state index is 0.0711. The third-order valence-electron chi connectivity index (χ3n) is 5.80. The maximum absolute atomic E-state index is 12.7. The number of esters is 1. The Labute approximate surface area is 196 Å². The molecule has 0 aliphatic rings. The summed E-state index contributed by atoms with van der Waals surface area (Å²) in [7, 11) is 1.27. The van der Waals surface area contributed by atoms with Crippen molar-refractivity contribution in [1.82, 2.24) is 0 Å². The van der Waals surface area contributed by atoms with E-state index < -0.39 is 5.97 Å². The number of phenols is 1. The number of nitriles is 1. The van der Waals surface area contributed by atoms with Crippen molar-refractivity contribution in [3.63, 3.8) is 0 Å². The van der Waals surface area contributed by atoms with Crippen molar-refractivity contribution in [3.8, 4) is 11.8 Å². The molecule has 3 aromatic rings. The molecule has 0 aromatic heterocycles. The number of hydrogen-bond acceptors (Lipinski definition) is 4. The monoisotopic (exact) mass is 441 g/mol. The Kier molecular flexibility index (Phi) is 6.38. The van der Waals surface area contributed by atoms with Crippen LogP contribution in [0.3, 0.4) is 0 Å². The highest BCUT2D eigenvalue weighted by Gasteiger charge is 2.29. The first-order valence-corrected chi connectivity index (χ1v) is 11.0. The molecule has 0 amide bonds. The number of rotatable bonds is 3. The van der Waals surface area contributed by atoms with Crippen molar-refractivity contribution in [2.45, 2.75) is 52.4 Å². The van der Waals surface area contributed by atoms with Crippen LogP contribution >= 0.6 is 0 Å². The van der Waals surface area contributed by atoms with Crippen LogP contribution in [0.4, 0.5) is 0 Å². The molecule has 0 saturated heterocycles. The molecule has 0 aliphatic heterocycles. The number of ether oxygens (including phenoxy) is 1. The second kappa shape index (κ2) is 8.75. The predicted molar refractivity (Wildman–Crippen MR) is 133 cm³/mol. The third-order valence-corrected chi connectivity index (χ3v) is 5.80. The van der Waals surface area contributed by atoms with Crippen LogP contribution in [0.5, 0.6) is 5.75 Å². The lowest BCUT2D eigenvalue weighted by Crippen LogP contribution is -2.18. The Morgan fingerprint density at radius 1 is 0.848 bits per heavy atom. The normalized spacial score (nSPS) is 12.8. The van der Waals surface area contributed by atoms with Gasteiger partial charge in [0, 0.05) is 16.7 Å². The van der Waals surface area contributed by atoms with Crippen molar-refractivity contribution in [2.75, 3.05) is 7.11 Å². The van der Waals surface area contributed by atoms with Gasteiger partial charge in [-0.15, -0.1) is 0 Å². The van der Waals surface area contributed by atoms with Gasteiger partial charge in [0.25, 0.3) is 0 Å². The first-order chi connectivity index (χ1) is 15.4. The highest BCUT2D eigenvalue weighted by molar-refractivity contribution is 6.06. The molecule has 0 bridgehead atoms. The number of hydrogen-bond donors (Lipinski definition) is 1. The molecular formula is C29H31NO3. The van der Waals surface area contributed by atoms with Crippen molar-refractivity contribution >= 4 is 22.3 Å². The zero-order valence-corrected chi connectivity index (χ0v) is 20.4. The topological polar surface area (TPSA) is 70.3 Å². The predicted octanol–water partition coefficient (Wildman–Crippen LogP) is 6.64. The second-order valence-electron chi connectivity index (χ2n) is 10.3. The zero-order valence-electron chi connectivity index (χ0n) is 20.4. The van der Waals surface area contributed by atoms with Crippen LogP contribution in [-0.2, 0) is 20.4 Å². The van der Waals surface area contributed by atoms with Gasteiger partial charge in [-0.25, -0.2) is 4.79 Å². The number of phenolic OH excluding ortho intramolecular Hbond substituents is 1. The number of benzene rings is 3. The van der Waals surface area contributed by atoms with E-state index in [1.165, 1.54) is 7.11 Å². The van der Waals surface area contributed by atoms with E-state index in [0.717, 1.165) is 27.5 Å². The molecule has 3 aromatic carbocycles. The van der Waals surface area contributed by atoms with Crippen molar-refractivity contribution in [2.24, 2.45) is 0 Å². The summed E-state index contributed by atoms with van der Waals surface area (Å²) in [6.45, 7) is 12.2. The zero-order chi connectivity index (χ0) is 24.6. The van der Waals surface area contributed by atoms with Gasteiger partial charge in [0.2, 0.25) is 0 Å². The van der Waals surface area contributed by atoms with Gasteiger partial charge in [-0.05, 0) is 50.9 Å². The summed E-state index contributed by atoms with van der Waals surface area (Å²) in [6.07, 6.45) is 0. The fourth-order valence-electron chi connectivity index (χ4n) is 4.03.